The number of hydrogen-bond acceptors (Lipinski definition) is 1. The van der Waals surface area contributed by atoms with E-state index in [1.807, 2.05) is 0 Å². The summed E-state index contributed by atoms with van der Waals surface area (Å²) >= 11 is 0. The van der Waals surface area contributed by atoms with E-state index in [2.05, 4.69) is 45.9 Å². The Balaban J connectivity index is 2.33. The predicted octanol–water partition coefficient (Wildman–Crippen LogP) is 4.34. The molecule has 1 saturated carbocycles. The Labute approximate surface area is 111 Å². The molecular formula is C17H26O. The van der Waals surface area contributed by atoms with Gasteiger partial charge in [0.05, 0.1) is 5.60 Å². The summed E-state index contributed by atoms with van der Waals surface area (Å²) in [6.07, 6.45) is 4.26. The van der Waals surface area contributed by atoms with Gasteiger partial charge in [0.2, 0.25) is 0 Å². The maximum absolute atomic E-state index is 11.1. The smallest absolute Gasteiger partial charge is 0.0902 e. The van der Waals surface area contributed by atoms with E-state index in [0.717, 1.165) is 24.8 Å². The molecule has 1 aromatic rings. The van der Waals surface area contributed by atoms with Gasteiger partial charge in [0, 0.05) is 0 Å². The first-order chi connectivity index (χ1) is 8.44. The average Bonchev–Trinajstić information content (AvgIpc) is 2.32. The van der Waals surface area contributed by atoms with Crippen molar-refractivity contribution < 1.29 is 5.11 Å². The van der Waals surface area contributed by atoms with E-state index in [9.17, 15) is 5.11 Å². The highest BCUT2D eigenvalue weighted by Gasteiger charge is 2.37. The topological polar surface area (TPSA) is 20.2 Å². The van der Waals surface area contributed by atoms with Crippen molar-refractivity contribution in [3.05, 3.63) is 34.9 Å². The third kappa shape index (κ3) is 2.47. The molecule has 1 nitrogen and oxygen atoms in total. The van der Waals surface area contributed by atoms with Crippen molar-refractivity contribution in [3.8, 4) is 0 Å². The molecule has 0 bridgehead atoms. The standard InChI is InChI=1S/C17H26O/c1-12(2)15-8-6-10-17(18,11-15)16-9-5-7-13(3)14(16)4/h5,7,9,12,15,18H,6,8,10-11H2,1-4H3. The fraction of sp³-hybridized carbons (Fsp3) is 0.647. The quantitative estimate of drug-likeness (QED) is 0.823. The number of benzene rings is 1. The summed E-state index contributed by atoms with van der Waals surface area (Å²) in [5.74, 6) is 1.32. The Hall–Kier alpha value is -0.820. The van der Waals surface area contributed by atoms with Crippen LogP contribution in [0, 0.1) is 25.7 Å². The fourth-order valence-electron chi connectivity index (χ4n) is 3.36. The van der Waals surface area contributed by atoms with Crippen molar-refractivity contribution in [1.82, 2.24) is 0 Å². The lowest BCUT2D eigenvalue weighted by Crippen LogP contribution is -2.35. The van der Waals surface area contributed by atoms with Gasteiger partial charge in [-0.25, -0.2) is 0 Å². The molecule has 0 radical (unpaired) electrons. The summed E-state index contributed by atoms with van der Waals surface area (Å²) in [5, 5.41) is 11.1. The first kappa shape index (κ1) is 13.6. The van der Waals surface area contributed by atoms with E-state index in [1.54, 1.807) is 0 Å². The van der Waals surface area contributed by atoms with Crippen molar-refractivity contribution in [1.29, 1.82) is 0 Å². The van der Waals surface area contributed by atoms with E-state index in [1.165, 1.54) is 17.5 Å². The van der Waals surface area contributed by atoms with Crippen LogP contribution < -0.4 is 0 Å². The molecule has 18 heavy (non-hydrogen) atoms. The Morgan fingerprint density at radius 3 is 2.67 bits per heavy atom. The molecule has 0 spiro atoms. The zero-order valence-corrected chi connectivity index (χ0v) is 12.2. The molecule has 1 heteroatoms. The Bertz CT molecular complexity index is 422. The molecule has 0 saturated heterocycles. The van der Waals surface area contributed by atoms with Crippen LogP contribution in [0.3, 0.4) is 0 Å². The van der Waals surface area contributed by atoms with Crippen molar-refractivity contribution in [2.45, 2.75) is 59.0 Å². The van der Waals surface area contributed by atoms with E-state index in [0.29, 0.717) is 11.8 Å². The lowest BCUT2D eigenvalue weighted by molar-refractivity contribution is -0.0300. The molecule has 1 fully saturated rings. The maximum Gasteiger partial charge on any atom is 0.0902 e. The van der Waals surface area contributed by atoms with Crippen molar-refractivity contribution in [3.63, 3.8) is 0 Å². The number of aliphatic hydroxyl groups is 1. The van der Waals surface area contributed by atoms with Gasteiger partial charge in [-0.1, -0.05) is 32.0 Å². The van der Waals surface area contributed by atoms with Gasteiger partial charge in [-0.05, 0) is 68.1 Å². The van der Waals surface area contributed by atoms with E-state index < -0.39 is 5.60 Å². The second-order valence-corrected chi connectivity index (χ2v) is 6.38. The molecule has 2 rings (SSSR count). The number of hydrogen-bond donors (Lipinski definition) is 1. The van der Waals surface area contributed by atoms with Crippen LogP contribution in [0.25, 0.3) is 0 Å². The molecule has 2 unspecified atom stereocenters. The van der Waals surface area contributed by atoms with Crippen LogP contribution >= 0.6 is 0 Å². The van der Waals surface area contributed by atoms with Gasteiger partial charge in [0.15, 0.2) is 0 Å². The van der Waals surface area contributed by atoms with Gasteiger partial charge in [0.1, 0.15) is 0 Å². The monoisotopic (exact) mass is 246 g/mol. The fourth-order valence-corrected chi connectivity index (χ4v) is 3.36. The first-order valence-electron chi connectivity index (χ1n) is 7.23. The van der Waals surface area contributed by atoms with Crippen LogP contribution in [0.2, 0.25) is 0 Å². The number of rotatable bonds is 2. The summed E-state index contributed by atoms with van der Waals surface area (Å²) in [7, 11) is 0. The van der Waals surface area contributed by atoms with Crippen molar-refractivity contribution in [2.75, 3.05) is 0 Å². The lowest BCUT2D eigenvalue weighted by atomic mass is 9.70. The molecule has 1 aliphatic rings. The molecule has 0 aliphatic heterocycles. The van der Waals surface area contributed by atoms with Crippen molar-refractivity contribution in [2.24, 2.45) is 11.8 Å². The molecule has 0 amide bonds. The predicted molar refractivity (Wildman–Crippen MR) is 76.6 cm³/mol. The molecule has 1 N–H and O–H groups in total. The molecule has 0 aromatic heterocycles. The zero-order valence-electron chi connectivity index (χ0n) is 12.2. The highest BCUT2D eigenvalue weighted by atomic mass is 16.3. The molecule has 1 aliphatic carbocycles. The molecular weight excluding hydrogens is 220 g/mol. The molecule has 1 aromatic carbocycles. The van der Waals surface area contributed by atoms with Crippen LogP contribution in [-0.2, 0) is 5.60 Å². The van der Waals surface area contributed by atoms with Crippen LogP contribution in [0.1, 0.15) is 56.2 Å². The minimum atomic E-state index is -0.594. The van der Waals surface area contributed by atoms with Crippen LogP contribution in [-0.4, -0.2) is 5.11 Å². The second kappa shape index (κ2) is 5.05. The molecule has 100 valence electrons. The van der Waals surface area contributed by atoms with E-state index >= 15 is 0 Å². The third-order valence-electron chi connectivity index (χ3n) is 4.81. The summed E-state index contributed by atoms with van der Waals surface area (Å²) in [5.41, 5.74) is 3.12. The maximum atomic E-state index is 11.1. The zero-order chi connectivity index (χ0) is 13.3. The Morgan fingerprint density at radius 1 is 1.28 bits per heavy atom. The van der Waals surface area contributed by atoms with Crippen molar-refractivity contribution >= 4 is 0 Å². The highest BCUT2D eigenvalue weighted by Crippen LogP contribution is 2.43. The van der Waals surface area contributed by atoms with Gasteiger partial charge in [0.25, 0.3) is 0 Å². The summed E-state index contributed by atoms with van der Waals surface area (Å²) < 4.78 is 0. The minimum absolute atomic E-state index is 0.594. The van der Waals surface area contributed by atoms with Crippen LogP contribution in [0.4, 0.5) is 0 Å². The minimum Gasteiger partial charge on any atom is -0.385 e. The van der Waals surface area contributed by atoms with Gasteiger partial charge < -0.3 is 5.11 Å². The normalized spacial score (nSPS) is 28.7. The number of aryl methyl sites for hydroxylation is 1. The van der Waals surface area contributed by atoms with Gasteiger partial charge in [-0.15, -0.1) is 0 Å². The van der Waals surface area contributed by atoms with Crippen LogP contribution in [0.5, 0.6) is 0 Å². The SMILES string of the molecule is Cc1cccc(C2(O)CCCC(C(C)C)C2)c1C. The first-order valence-corrected chi connectivity index (χ1v) is 7.23. The summed E-state index contributed by atoms with van der Waals surface area (Å²) in [6, 6.07) is 6.32. The molecule has 2 atom stereocenters. The van der Waals surface area contributed by atoms with Gasteiger partial charge >= 0.3 is 0 Å². The summed E-state index contributed by atoms with van der Waals surface area (Å²) in [4.78, 5) is 0. The largest absolute Gasteiger partial charge is 0.385 e. The van der Waals surface area contributed by atoms with E-state index in [-0.39, 0.29) is 0 Å². The van der Waals surface area contributed by atoms with Crippen LogP contribution in [0.15, 0.2) is 18.2 Å². The third-order valence-corrected chi connectivity index (χ3v) is 4.81. The average molecular weight is 246 g/mol. The lowest BCUT2D eigenvalue weighted by Gasteiger charge is -2.40. The highest BCUT2D eigenvalue weighted by molar-refractivity contribution is 5.37. The van der Waals surface area contributed by atoms with Gasteiger partial charge in [-0.3, -0.25) is 0 Å². The van der Waals surface area contributed by atoms with Gasteiger partial charge in [-0.2, -0.15) is 0 Å². The molecule has 0 heterocycles. The Kier molecular flexibility index (Phi) is 3.82. The Morgan fingerprint density at radius 2 is 2.00 bits per heavy atom. The second-order valence-electron chi connectivity index (χ2n) is 6.38. The van der Waals surface area contributed by atoms with E-state index in [4.69, 9.17) is 0 Å². The summed E-state index contributed by atoms with van der Waals surface area (Å²) in [6.45, 7) is 8.82.